The highest BCUT2D eigenvalue weighted by Crippen LogP contribution is 2.36. The number of hydrogen-bond acceptors (Lipinski definition) is 10. The van der Waals surface area contributed by atoms with E-state index in [1.165, 1.54) is 42.5 Å². The van der Waals surface area contributed by atoms with Crippen LogP contribution in [-0.4, -0.2) is 68.6 Å². The molecule has 5 heterocycles. The van der Waals surface area contributed by atoms with E-state index < -0.39 is 37.8 Å². The molecule has 1 fully saturated rings. The highest BCUT2D eigenvalue weighted by atomic mass is 31.2. The zero-order chi connectivity index (χ0) is 30.3. The van der Waals surface area contributed by atoms with Crippen molar-refractivity contribution in [1.82, 2.24) is 33.6 Å². The molecule has 0 unspecified atom stereocenters. The summed E-state index contributed by atoms with van der Waals surface area (Å²) in [6.45, 7) is 3.63. The number of pyridine rings is 1. The predicted octanol–water partition coefficient (Wildman–Crippen LogP) is 0.935. The van der Waals surface area contributed by atoms with E-state index in [2.05, 4.69) is 31.8 Å². The fraction of sp³-hybridized carbons (Fsp3) is 0.400. The van der Waals surface area contributed by atoms with E-state index in [1.807, 2.05) is 0 Å². The number of nitrogens with zero attached hydrogens (tertiary/aromatic N) is 9. The van der Waals surface area contributed by atoms with Crippen LogP contribution in [0.15, 0.2) is 46.5 Å². The molecule has 1 aliphatic rings. The van der Waals surface area contributed by atoms with E-state index in [4.69, 9.17) is 4.52 Å². The Balaban J connectivity index is 1.50. The van der Waals surface area contributed by atoms with Crippen molar-refractivity contribution in [3.05, 3.63) is 57.8 Å². The lowest BCUT2D eigenvalue weighted by atomic mass is 10.2. The molecule has 0 aliphatic carbocycles. The minimum absolute atomic E-state index is 0.00238. The summed E-state index contributed by atoms with van der Waals surface area (Å²) < 4.78 is 19.6. The van der Waals surface area contributed by atoms with E-state index in [1.54, 1.807) is 24.5 Å². The molecule has 42 heavy (non-hydrogen) atoms. The highest BCUT2D eigenvalue weighted by Gasteiger charge is 2.30. The first-order chi connectivity index (χ1) is 19.9. The van der Waals surface area contributed by atoms with Crippen molar-refractivity contribution in [2.24, 2.45) is 14.1 Å². The van der Waals surface area contributed by atoms with Gasteiger partial charge in [-0.05, 0) is 38.8 Å². The SMILES string of the molecule is C[C@@H]1CCCN1c1ncc(-c2cccc(N(COP(=O)(O)O)C(=O)[C@H](C)n3cnc4c3c(=O)n(C)c(=O)n4C)n2)cn1. The summed E-state index contributed by atoms with van der Waals surface area (Å²) in [5, 5.41) is 0. The van der Waals surface area contributed by atoms with Gasteiger partial charge in [-0.2, -0.15) is 0 Å². The molecule has 1 amide bonds. The Labute approximate surface area is 239 Å². The van der Waals surface area contributed by atoms with Crippen LogP contribution in [-0.2, 0) is 28.0 Å². The molecule has 0 aromatic carbocycles. The summed E-state index contributed by atoms with van der Waals surface area (Å²) in [5.74, 6) is -0.0746. The first-order valence-electron chi connectivity index (χ1n) is 13.1. The first kappa shape index (κ1) is 29.3. The Morgan fingerprint density at radius 2 is 1.88 bits per heavy atom. The number of imidazole rings is 1. The van der Waals surface area contributed by atoms with Crippen molar-refractivity contribution in [2.75, 3.05) is 23.1 Å². The van der Waals surface area contributed by atoms with Crippen LogP contribution in [0, 0.1) is 0 Å². The maximum Gasteiger partial charge on any atom is 0.471 e. The molecule has 4 aromatic rings. The Hall–Kier alpha value is -4.24. The molecule has 4 aromatic heterocycles. The average molecular weight is 600 g/mol. The fourth-order valence-electron chi connectivity index (χ4n) is 4.94. The molecule has 1 aliphatic heterocycles. The number of fused-ring (bicyclic) bond motifs is 1. The molecule has 16 nitrogen and oxygen atoms in total. The number of hydrogen-bond donors (Lipinski definition) is 2. The van der Waals surface area contributed by atoms with Crippen LogP contribution < -0.4 is 21.0 Å². The number of amides is 1. The maximum atomic E-state index is 13.8. The van der Waals surface area contributed by atoms with Gasteiger partial charge in [-0.1, -0.05) is 6.07 Å². The van der Waals surface area contributed by atoms with Gasteiger partial charge in [0.15, 0.2) is 11.2 Å². The molecular formula is C25H30N9O7P. The first-order valence-corrected chi connectivity index (χ1v) is 14.6. The second-order valence-corrected chi connectivity index (χ2v) is 11.3. The quantitative estimate of drug-likeness (QED) is 0.216. The lowest BCUT2D eigenvalue weighted by Gasteiger charge is -2.26. The van der Waals surface area contributed by atoms with Gasteiger partial charge in [0, 0.05) is 44.6 Å². The number of anilines is 2. The number of phosphoric ester groups is 1. The number of carbonyl (C=O) groups excluding carboxylic acids is 1. The standard InChI is InChI=1S/C25H30N9O7P/c1-15-7-6-10-32(15)24-26-11-17(12-27-24)18-8-5-9-19(29-18)34(14-41-42(38,39)40)22(35)16(2)33-13-28-21-20(33)23(36)31(4)25(37)30(21)3/h5,8-9,11-13,15-16H,6-7,10,14H2,1-4H3,(H2,38,39,40)/t15-,16+/m1/s1. The van der Waals surface area contributed by atoms with E-state index in [-0.39, 0.29) is 17.0 Å². The monoisotopic (exact) mass is 599 g/mol. The van der Waals surface area contributed by atoms with Crippen molar-refractivity contribution in [1.29, 1.82) is 0 Å². The Kier molecular flexibility index (Phi) is 7.81. The molecule has 17 heteroatoms. The molecule has 222 valence electrons. The highest BCUT2D eigenvalue weighted by molar-refractivity contribution is 7.46. The Morgan fingerprint density at radius 3 is 2.52 bits per heavy atom. The zero-order valence-electron chi connectivity index (χ0n) is 23.4. The van der Waals surface area contributed by atoms with Gasteiger partial charge >= 0.3 is 13.5 Å². The van der Waals surface area contributed by atoms with Crippen molar-refractivity contribution >= 4 is 36.7 Å². The van der Waals surface area contributed by atoms with Gasteiger partial charge in [-0.15, -0.1) is 0 Å². The van der Waals surface area contributed by atoms with Crippen molar-refractivity contribution in [3.63, 3.8) is 0 Å². The number of aromatic nitrogens is 7. The largest absolute Gasteiger partial charge is 0.471 e. The van der Waals surface area contributed by atoms with Crippen LogP contribution in [0.1, 0.15) is 32.7 Å². The third kappa shape index (κ3) is 5.48. The van der Waals surface area contributed by atoms with Gasteiger partial charge in [0.25, 0.3) is 11.5 Å². The summed E-state index contributed by atoms with van der Waals surface area (Å²) in [7, 11) is -2.22. The molecule has 2 atom stereocenters. The van der Waals surface area contributed by atoms with E-state index in [0.717, 1.165) is 28.9 Å². The van der Waals surface area contributed by atoms with Crippen LogP contribution >= 0.6 is 7.82 Å². The minimum atomic E-state index is -4.98. The molecule has 0 bridgehead atoms. The van der Waals surface area contributed by atoms with Crippen molar-refractivity contribution < 1.29 is 23.7 Å². The fourth-order valence-corrected chi connectivity index (χ4v) is 5.21. The van der Waals surface area contributed by atoms with Crippen LogP contribution in [0.5, 0.6) is 0 Å². The lowest BCUT2D eigenvalue weighted by Crippen LogP contribution is -2.40. The summed E-state index contributed by atoms with van der Waals surface area (Å²) >= 11 is 0. The van der Waals surface area contributed by atoms with Crippen LogP contribution in [0.25, 0.3) is 22.4 Å². The number of carbonyl (C=O) groups is 1. The molecule has 1 saturated heterocycles. The van der Waals surface area contributed by atoms with Crippen LogP contribution in [0.2, 0.25) is 0 Å². The number of rotatable bonds is 8. The lowest BCUT2D eigenvalue weighted by molar-refractivity contribution is -0.122. The summed E-state index contributed by atoms with van der Waals surface area (Å²) in [4.78, 5) is 78.6. The van der Waals surface area contributed by atoms with E-state index in [9.17, 15) is 28.7 Å². The van der Waals surface area contributed by atoms with Crippen molar-refractivity contribution in [2.45, 2.75) is 38.8 Å². The topological polar surface area (TPSA) is 191 Å². The van der Waals surface area contributed by atoms with Crippen LogP contribution in [0.4, 0.5) is 11.8 Å². The minimum Gasteiger partial charge on any atom is -0.338 e. The molecule has 0 radical (unpaired) electrons. The van der Waals surface area contributed by atoms with Gasteiger partial charge in [0.05, 0.1) is 12.0 Å². The third-order valence-electron chi connectivity index (χ3n) is 7.32. The van der Waals surface area contributed by atoms with Gasteiger partial charge in [-0.25, -0.2) is 29.3 Å². The average Bonchev–Trinajstić information content (AvgIpc) is 3.61. The number of aryl methyl sites for hydroxylation is 1. The Bertz CT molecular complexity index is 1810. The third-order valence-corrected chi connectivity index (χ3v) is 7.78. The molecule has 2 N–H and O–H groups in total. The second-order valence-electron chi connectivity index (χ2n) is 10.1. The zero-order valence-corrected chi connectivity index (χ0v) is 24.2. The van der Waals surface area contributed by atoms with Gasteiger partial charge in [-0.3, -0.25) is 28.1 Å². The summed E-state index contributed by atoms with van der Waals surface area (Å²) in [6, 6.07) is 4.01. The molecular weight excluding hydrogens is 569 g/mol. The summed E-state index contributed by atoms with van der Waals surface area (Å²) in [5.41, 5.74) is -0.187. The smallest absolute Gasteiger partial charge is 0.338 e. The summed E-state index contributed by atoms with van der Waals surface area (Å²) in [6.07, 6.45) is 6.63. The predicted molar refractivity (Wildman–Crippen MR) is 152 cm³/mol. The second kappa shape index (κ2) is 11.2. The Morgan fingerprint density at radius 1 is 1.17 bits per heavy atom. The maximum absolute atomic E-state index is 13.8. The van der Waals surface area contributed by atoms with Crippen LogP contribution in [0.3, 0.4) is 0 Å². The van der Waals surface area contributed by atoms with Gasteiger partial charge in [0.1, 0.15) is 18.6 Å². The van der Waals surface area contributed by atoms with Gasteiger partial charge in [0.2, 0.25) is 5.95 Å². The normalized spacial score (nSPS) is 16.2. The number of phosphoric acid groups is 1. The van der Waals surface area contributed by atoms with Gasteiger partial charge < -0.3 is 19.3 Å². The van der Waals surface area contributed by atoms with E-state index in [0.29, 0.717) is 23.2 Å². The van der Waals surface area contributed by atoms with E-state index >= 15 is 0 Å². The molecule has 0 spiro atoms. The molecule has 5 rings (SSSR count). The molecule has 0 saturated carbocycles. The van der Waals surface area contributed by atoms with Crippen molar-refractivity contribution in [3.8, 4) is 11.3 Å².